The van der Waals surface area contributed by atoms with Gasteiger partial charge >= 0.3 is 0 Å². The van der Waals surface area contributed by atoms with E-state index in [1.54, 1.807) is 12.3 Å². The number of rotatable bonds is 15. The van der Waals surface area contributed by atoms with Gasteiger partial charge in [0.1, 0.15) is 36.5 Å². The number of H-pyrrole nitrogens is 1. The Hall–Kier alpha value is -5.02. The Morgan fingerprint density at radius 1 is 0.868 bits per heavy atom. The Balaban J connectivity index is 1.08. The summed E-state index contributed by atoms with van der Waals surface area (Å²) in [5, 5.41) is 24.7. The van der Waals surface area contributed by atoms with Crippen molar-refractivity contribution in [2.75, 3.05) is 32.8 Å². The van der Waals surface area contributed by atoms with Gasteiger partial charge in [-0.2, -0.15) is 10.5 Å². The lowest BCUT2D eigenvalue weighted by Crippen LogP contribution is -2.24. The van der Waals surface area contributed by atoms with E-state index >= 15 is 0 Å². The Morgan fingerprint density at radius 2 is 1.68 bits per heavy atom. The van der Waals surface area contributed by atoms with E-state index in [9.17, 15) is 5.26 Å². The molecule has 2 aliphatic rings. The van der Waals surface area contributed by atoms with Gasteiger partial charge in [0.15, 0.2) is 5.82 Å². The second kappa shape index (κ2) is 17.2. The van der Waals surface area contributed by atoms with Crippen molar-refractivity contribution in [2.45, 2.75) is 71.8 Å². The number of tetrazole rings is 1. The van der Waals surface area contributed by atoms with Gasteiger partial charge in [0, 0.05) is 42.7 Å². The highest BCUT2D eigenvalue weighted by molar-refractivity contribution is 6.32. The van der Waals surface area contributed by atoms with Gasteiger partial charge in [0.05, 0.1) is 23.2 Å². The molecule has 7 rings (SSSR count). The first kappa shape index (κ1) is 36.3. The summed E-state index contributed by atoms with van der Waals surface area (Å²) >= 11 is 6.94. The maximum absolute atomic E-state index is 9.38. The molecule has 0 radical (unpaired) electrons. The molecule has 0 bridgehead atoms. The predicted octanol–water partition coefficient (Wildman–Crippen LogP) is 7.76. The van der Waals surface area contributed by atoms with Crippen LogP contribution in [0, 0.1) is 25.2 Å². The molecule has 0 saturated carbocycles. The standard InChI is InChI=1S/C41H45ClN8O3/c1-28-32(9-5-10-34(28)35-11-6-13-38(29(35)2)51-18-8-16-49-14-3-4-15-49)27-53-40-21-39(52-26-31-19-30(22-43)23-44-24-31)33(20-36(40)42)25-50-17-7-12-37(50)41-45-47-48-46-41/h5-6,9-11,13,19-21,23-24,37H,3-4,7-8,12,14-18,25-27H2,1-2H3,(H,45,46,47,48). The molecule has 1 atom stereocenters. The minimum atomic E-state index is 0.0405. The number of nitriles is 1. The number of nitrogens with one attached hydrogen (secondary N) is 1. The molecule has 4 heterocycles. The zero-order chi connectivity index (χ0) is 36.6. The van der Waals surface area contributed by atoms with Gasteiger partial charge in [-0.15, -0.1) is 10.2 Å². The Kier molecular flexibility index (Phi) is 11.8. The maximum Gasteiger partial charge on any atom is 0.191 e. The summed E-state index contributed by atoms with van der Waals surface area (Å²) in [6, 6.07) is 20.4. The van der Waals surface area contributed by atoms with Crippen LogP contribution >= 0.6 is 11.6 Å². The Bertz CT molecular complexity index is 2040. The fourth-order valence-electron chi connectivity index (χ4n) is 7.40. The second-order valence-electron chi connectivity index (χ2n) is 13.8. The van der Waals surface area contributed by atoms with E-state index in [1.165, 1.54) is 32.1 Å². The van der Waals surface area contributed by atoms with Gasteiger partial charge in [-0.3, -0.25) is 9.88 Å². The fraction of sp³-hybridized carbons (Fsp3) is 0.390. The number of benzene rings is 3. The lowest BCUT2D eigenvalue weighted by molar-refractivity contribution is 0.230. The predicted molar refractivity (Wildman–Crippen MR) is 203 cm³/mol. The highest BCUT2D eigenvalue weighted by atomic mass is 35.5. The summed E-state index contributed by atoms with van der Waals surface area (Å²) in [7, 11) is 0. The molecular formula is C41H45ClN8O3. The lowest BCUT2D eigenvalue weighted by Gasteiger charge is -2.24. The van der Waals surface area contributed by atoms with Crippen molar-refractivity contribution in [1.82, 2.24) is 35.4 Å². The van der Waals surface area contributed by atoms with Crippen LogP contribution in [-0.2, 0) is 19.8 Å². The van der Waals surface area contributed by atoms with Gasteiger partial charge in [0.25, 0.3) is 0 Å². The minimum absolute atomic E-state index is 0.0405. The zero-order valence-electron chi connectivity index (χ0n) is 30.4. The van der Waals surface area contributed by atoms with Crippen molar-refractivity contribution in [3.05, 3.63) is 111 Å². The maximum atomic E-state index is 9.38. The molecule has 1 N–H and O–H groups in total. The number of hydrogen-bond acceptors (Lipinski definition) is 10. The molecule has 0 aliphatic carbocycles. The normalized spacial score (nSPS) is 16.2. The summed E-state index contributed by atoms with van der Waals surface area (Å²) in [4.78, 5) is 9.03. The highest BCUT2D eigenvalue weighted by Crippen LogP contribution is 2.39. The molecule has 2 fully saturated rings. The first-order chi connectivity index (χ1) is 26.0. The topological polar surface area (TPSA) is 125 Å². The number of halogens is 1. The number of ether oxygens (including phenoxy) is 3. The summed E-state index contributed by atoms with van der Waals surface area (Å²) < 4.78 is 19.1. The number of likely N-dealkylation sites (tertiary alicyclic amines) is 2. The largest absolute Gasteiger partial charge is 0.493 e. The van der Waals surface area contributed by atoms with Crippen LogP contribution in [-0.4, -0.2) is 68.2 Å². The van der Waals surface area contributed by atoms with Gasteiger partial charge < -0.3 is 19.1 Å². The molecule has 53 heavy (non-hydrogen) atoms. The van der Waals surface area contributed by atoms with E-state index in [1.807, 2.05) is 12.1 Å². The Morgan fingerprint density at radius 3 is 2.49 bits per heavy atom. The van der Waals surface area contributed by atoms with Crippen LogP contribution in [0.25, 0.3) is 11.1 Å². The van der Waals surface area contributed by atoms with Gasteiger partial charge in [-0.25, -0.2) is 0 Å². The van der Waals surface area contributed by atoms with Crippen LogP contribution < -0.4 is 14.2 Å². The van der Waals surface area contributed by atoms with Gasteiger partial charge in [-0.1, -0.05) is 47.1 Å². The van der Waals surface area contributed by atoms with Crippen LogP contribution in [0.5, 0.6) is 17.2 Å². The first-order valence-electron chi connectivity index (χ1n) is 18.4. The van der Waals surface area contributed by atoms with E-state index in [-0.39, 0.29) is 12.6 Å². The zero-order valence-corrected chi connectivity index (χ0v) is 31.1. The molecule has 274 valence electrons. The molecule has 2 aromatic heterocycles. The van der Waals surface area contributed by atoms with Crippen molar-refractivity contribution < 1.29 is 14.2 Å². The summed E-state index contributed by atoms with van der Waals surface area (Å²) in [5.74, 6) is 2.77. The van der Waals surface area contributed by atoms with Crippen molar-refractivity contribution in [3.63, 3.8) is 0 Å². The molecular weight excluding hydrogens is 688 g/mol. The van der Waals surface area contributed by atoms with Crippen molar-refractivity contribution in [3.8, 4) is 34.4 Å². The van der Waals surface area contributed by atoms with Crippen LogP contribution in [0.1, 0.15) is 77.4 Å². The molecule has 0 amide bonds. The average Bonchev–Trinajstić information content (AvgIpc) is 3.98. The number of pyridine rings is 1. The van der Waals surface area contributed by atoms with E-state index in [0.717, 1.165) is 77.0 Å². The van der Waals surface area contributed by atoms with Crippen LogP contribution in [0.3, 0.4) is 0 Å². The van der Waals surface area contributed by atoms with Crippen molar-refractivity contribution >= 4 is 11.6 Å². The third kappa shape index (κ3) is 8.79. The number of nitrogens with zero attached hydrogens (tertiary/aromatic N) is 7. The average molecular weight is 733 g/mol. The smallest absolute Gasteiger partial charge is 0.191 e. The molecule has 2 aliphatic heterocycles. The SMILES string of the molecule is Cc1c(COc2cc(OCc3cncc(C#N)c3)c(CN3CCCC3c3nn[nH]n3)cc2Cl)cccc1-c1cccc(OCCCN2CCCC2)c1C. The molecule has 5 aromatic rings. The van der Waals surface area contributed by atoms with Crippen LogP contribution in [0.15, 0.2) is 67.0 Å². The second-order valence-corrected chi connectivity index (χ2v) is 14.2. The number of aromatic amines is 1. The first-order valence-corrected chi connectivity index (χ1v) is 18.8. The van der Waals surface area contributed by atoms with E-state index in [0.29, 0.717) is 47.7 Å². The molecule has 2 saturated heterocycles. The third-order valence-corrected chi connectivity index (χ3v) is 10.6. The lowest BCUT2D eigenvalue weighted by atomic mass is 9.93. The number of hydrogen-bond donors (Lipinski definition) is 1. The van der Waals surface area contributed by atoms with E-state index in [4.69, 9.17) is 25.8 Å². The monoisotopic (exact) mass is 732 g/mol. The van der Waals surface area contributed by atoms with Crippen molar-refractivity contribution in [2.24, 2.45) is 0 Å². The minimum Gasteiger partial charge on any atom is -0.493 e. The molecule has 0 spiro atoms. The van der Waals surface area contributed by atoms with Gasteiger partial charge in [-0.05, 0) is 112 Å². The van der Waals surface area contributed by atoms with Crippen LogP contribution in [0.4, 0.5) is 0 Å². The van der Waals surface area contributed by atoms with E-state index < -0.39 is 0 Å². The van der Waals surface area contributed by atoms with Gasteiger partial charge in [0.2, 0.25) is 0 Å². The van der Waals surface area contributed by atoms with Crippen molar-refractivity contribution in [1.29, 1.82) is 5.26 Å². The summed E-state index contributed by atoms with van der Waals surface area (Å²) in [6.45, 7) is 10.5. The summed E-state index contributed by atoms with van der Waals surface area (Å²) in [6.07, 6.45) is 8.83. The highest BCUT2D eigenvalue weighted by Gasteiger charge is 2.30. The summed E-state index contributed by atoms with van der Waals surface area (Å²) in [5.41, 5.74) is 7.79. The van der Waals surface area contributed by atoms with E-state index in [2.05, 4.69) is 91.7 Å². The molecule has 3 aromatic carbocycles. The third-order valence-electron chi connectivity index (χ3n) is 10.3. The molecule has 12 heteroatoms. The number of aromatic nitrogens is 5. The Labute approximate surface area is 315 Å². The molecule has 1 unspecified atom stereocenters. The fourth-order valence-corrected chi connectivity index (χ4v) is 7.64. The molecule has 11 nitrogen and oxygen atoms in total. The quantitative estimate of drug-likeness (QED) is 0.107. The van der Waals surface area contributed by atoms with Crippen LogP contribution in [0.2, 0.25) is 5.02 Å².